The highest BCUT2D eigenvalue weighted by Crippen LogP contribution is 2.12. The Morgan fingerprint density at radius 1 is 1.03 bits per heavy atom. The van der Waals surface area contributed by atoms with Gasteiger partial charge < -0.3 is 19.8 Å². The Kier molecular flexibility index (Phi) is 7.65. The van der Waals surface area contributed by atoms with Gasteiger partial charge in [0.05, 0.1) is 12.8 Å². The number of benzene rings is 2. The summed E-state index contributed by atoms with van der Waals surface area (Å²) in [5, 5.41) is 5.44. The van der Waals surface area contributed by atoms with Gasteiger partial charge in [-0.15, -0.1) is 0 Å². The fourth-order valence-electron chi connectivity index (χ4n) is 2.82. The number of nitrogens with one attached hydrogen (secondary N) is 2. The van der Waals surface area contributed by atoms with Gasteiger partial charge in [0.15, 0.2) is 0 Å². The van der Waals surface area contributed by atoms with Crippen molar-refractivity contribution in [3.63, 3.8) is 0 Å². The number of furan rings is 1. The van der Waals surface area contributed by atoms with Gasteiger partial charge in [-0.2, -0.15) is 0 Å². The lowest BCUT2D eigenvalue weighted by molar-refractivity contribution is -0.117. The number of rotatable bonds is 9. The fourth-order valence-corrected chi connectivity index (χ4v) is 2.82. The van der Waals surface area contributed by atoms with Crippen molar-refractivity contribution in [2.24, 2.45) is 0 Å². The molecule has 3 aromatic rings. The molecule has 3 rings (SSSR count). The molecular formula is C25H26N2O4. The highest BCUT2D eigenvalue weighted by atomic mass is 16.5. The molecule has 1 aromatic heterocycles. The normalized spacial score (nSPS) is 11.1. The minimum atomic E-state index is -0.429. The van der Waals surface area contributed by atoms with Crippen molar-refractivity contribution in [3.8, 4) is 5.75 Å². The van der Waals surface area contributed by atoms with Gasteiger partial charge in [0.1, 0.15) is 23.8 Å². The Labute approximate surface area is 181 Å². The third-order valence-corrected chi connectivity index (χ3v) is 4.62. The molecule has 6 heteroatoms. The predicted octanol–water partition coefficient (Wildman–Crippen LogP) is 4.12. The molecule has 0 bridgehead atoms. The second-order valence-corrected chi connectivity index (χ2v) is 7.00. The van der Waals surface area contributed by atoms with Crippen molar-refractivity contribution >= 4 is 17.9 Å². The molecule has 2 N–H and O–H groups in total. The van der Waals surface area contributed by atoms with Crippen molar-refractivity contribution in [2.45, 2.75) is 20.3 Å². The van der Waals surface area contributed by atoms with Crippen LogP contribution >= 0.6 is 0 Å². The molecule has 0 aliphatic rings. The van der Waals surface area contributed by atoms with E-state index in [-0.39, 0.29) is 18.1 Å². The number of carbonyl (C=O) groups excluding carboxylic acids is 2. The minimum Gasteiger partial charge on any atom is -0.492 e. The van der Waals surface area contributed by atoms with Gasteiger partial charge in [-0.3, -0.25) is 9.59 Å². The monoisotopic (exact) mass is 418 g/mol. The van der Waals surface area contributed by atoms with Crippen molar-refractivity contribution in [2.75, 3.05) is 13.2 Å². The Morgan fingerprint density at radius 2 is 1.77 bits per heavy atom. The van der Waals surface area contributed by atoms with Crippen LogP contribution < -0.4 is 15.4 Å². The molecule has 0 unspecified atom stereocenters. The second kappa shape index (κ2) is 10.8. The average Bonchev–Trinajstić information content (AvgIpc) is 3.30. The van der Waals surface area contributed by atoms with Gasteiger partial charge in [0.2, 0.25) is 0 Å². The second-order valence-electron chi connectivity index (χ2n) is 7.00. The zero-order valence-electron chi connectivity index (χ0n) is 17.7. The molecule has 160 valence electrons. The lowest BCUT2D eigenvalue weighted by atomic mass is 10.1. The van der Waals surface area contributed by atoms with Crippen LogP contribution in [0.15, 0.2) is 77.0 Å². The molecule has 0 atom stereocenters. The standard InChI is InChI=1S/C25H26N2O4/c1-3-19-8-12-21(13-9-19)31-16-14-26-25(29)23(17-22-5-4-15-30-22)27-24(28)20-10-6-18(2)7-11-20/h4-13,15,17H,3,14,16H2,1-2H3,(H,26,29)(H,27,28)/b23-17-. The van der Waals surface area contributed by atoms with Gasteiger partial charge in [-0.1, -0.05) is 36.8 Å². The van der Waals surface area contributed by atoms with E-state index < -0.39 is 5.91 Å². The maximum atomic E-state index is 12.7. The number of hydrogen-bond acceptors (Lipinski definition) is 4. The Hall–Kier alpha value is -3.80. The minimum absolute atomic E-state index is 0.0906. The summed E-state index contributed by atoms with van der Waals surface area (Å²) in [5.41, 5.74) is 2.83. The molecule has 0 spiro atoms. The lowest BCUT2D eigenvalue weighted by Gasteiger charge is -2.12. The van der Waals surface area contributed by atoms with Crippen LogP contribution in [0.25, 0.3) is 6.08 Å². The van der Waals surface area contributed by atoms with Crippen LogP contribution in [0.2, 0.25) is 0 Å². The predicted molar refractivity (Wildman–Crippen MR) is 120 cm³/mol. The fraction of sp³-hybridized carbons (Fsp3) is 0.200. The number of aryl methyl sites for hydroxylation is 2. The molecule has 0 aliphatic carbocycles. The van der Waals surface area contributed by atoms with E-state index in [9.17, 15) is 9.59 Å². The Balaban J connectivity index is 1.59. The smallest absolute Gasteiger partial charge is 0.268 e. The lowest BCUT2D eigenvalue weighted by Crippen LogP contribution is -2.36. The molecule has 0 aliphatic heterocycles. The topological polar surface area (TPSA) is 80.6 Å². The van der Waals surface area contributed by atoms with Gasteiger partial charge in [-0.25, -0.2) is 0 Å². The van der Waals surface area contributed by atoms with Crippen molar-refractivity contribution < 1.29 is 18.7 Å². The highest BCUT2D eigenvalue weighted by molar-refractivity contribution is 6.05. The summed E-state index contributed by atoms with van der Waals surface area (Å²) >= 11 is 0. The summed E-state index contributed by atoms with van der Waals surface area (Å²) in [5.74, 6) is 0.397. The van der Waals surface area contributed by atoms with Gasteiger partial charge >= 0.3 is 0 Å². The summed E-state index contributed by atoms with van der Waals surface area (Å²) in [6.45, 7) is 4.62. The number of hydrogen-bond donors (Lipinski definition) is 2. The molecule has 2 aromatic carbocycles. The van der Waals surface area contributed by atoms with E-state index in [2.05, 4.69) is 17.6 Å². The first-order valence-electron chi connectivity index (χ1n) is 10.2. The van der Waals surface area contributed by atoms with Crippen LogP contribution in [-0.2, 0) is 11.2 Å². The largest absolute Gasteiger partial charge is 0.492 e. The molecule has 0 radical (unpaired) electrons. The summed E-state index contributed by atoms with van der Waals surface area (Å²) in [7, 11) is 0. The number of ether oxygens (including phenoxy) is 1. The van der Waals surface area contributed by atoms with Gasteiger partial charge in [-0.05, 0) is 55.3 Å². The van der Waals surface area contributed by atoms with E-state index in [0.29, 0.717) is 17.9 Å². The van der Waals surface area contributed by atoms with Crippen LogP contribution in [0.3, 0.4) is 0 Å². The highest BCUT2D eigenvalue weighted by Gasteiger charge is 2.15. The van der Waals surface area contributed by atoms with E-state index in [1.54, 1.807) is 24.3 Å². The third-order valence-electron chi connectivity index (χ3n) is 4.62. The molecule has 31 heavy (non-hydrogen) atoms. The molecule has 0 saturated heterocycles. The van der Waals surface area contributed by atoms with E-state index in [4.69, 9.17) is 9.15 Å². The molecule has 0 saturated carbocycles. The Bertz CT molecular complexity index is 1020. The Morgan fingerprint density at radius 3 is 2.42 bits per heavy atom. The number of amides is 2. The van der Waals surface area contributed by atoms with Crippen LogP contribution in [0.4, 0.5) is 0 Å². The maximum absolute atomic E-state index is 12.7. The van der Waals surface area contributed by atoms with Gasteiger partial charge in [0.25, 0.3) is 11.8 Å². The number of carbonyl (C=O) groups is 2. The zero-order chi connectivity index (χ0) is 22.1. The molecule has 6 nitrogen and oxygen atoms in total. The quantitative estimate of drug-likeness (QED) is 0.405. The van der Waals surface area contributed by atoms with E-state index in [0.717, 1.165) is 17.7 Å². The summed E-state index contributed by atoms with van der Waals surface area (Å²) in [6, 6.07) is 18.4. The van der Waals surface area contributed by atoms with E-state index in [1.807, 2.05) is 43.3 Å². The van der Waals surface area contributed by atoms with Gasteiger partial charge in [0, 0.05) is 11.6 Å². The first kappa shape index (κ1) is 21.9. The van der Waals surface area contributed by atoms with E-state index >= 15 is 0 Å². The van der Waals surface area contributed by atoms with E-state index in [1.165, 1.54) is 17.9 Å². The van der Waals surface area contributed by atoms with Crippen LogP contribution in [0.5, 0.6) is 5.75 Å². The van der Waals surface area contributed by atoms with Crippen LogP contribution in [0.1, 0.15) is 34.2 Å². The molecule has 1 heterocycles. The zero-order valence-corrected chi connectivity index (χ0v) is 17.7. The maximum Gasteiger partial charge on any atom is 0.268 e. The summed E-state index contributed by atoms with van der Waals surface area (Å²) in [4.78, 5) is 25.3. The first-order valence-corrected chi connectivity index (χ1v) is 10.2. The van der Waals surface area contributed by atoms with Crippen molar-refractivity contribution in [1.82, 2.24) is 10.6 Å². The SMILES string of the molecule is CCc1ccc(OCCNC(=O)/C(=C/c2ccco2)NC(=O)c2ccc(C)cc2)cc1. The summed E-state index contributed by atoms with van der Waals surface area (Å²) < 4.78 is 11.0. The van der Waals surface area contributed by atoms with Crippen molar-refractivity contribution in [1.29, 1.82) is 0 Å². The molecular weight excluding hydrogens is 392 g/mol. The van der Waals surface area contributed by atoms with Crippen molar-refractivity contribution in [3.05, 3.63) is 95.1 Å². The summed E-state index contributed by atoms with van der Waals surface area (Å²) in [6.07, 6.45) is 3.96. The average molecular weight is 418 g/mol. The first-order chi connectivity index (χ1) is 15.0. The van der Waals surface area contributed by atoms with Crippen LogP contribution in [-0.4, -0.2) is 25.0 Å². The molecule has 2 amide bonds. The van der Waals surface area contributed by atoms with Crippen LogP contribution in [0, 0.1) is 6.92 Å². The molecule has 0 fully saturated rings. The third kappa shape index (κ3) is 6.60.